The van der Waals surface area contributed by atoms with E-state index in [0.29, 0.717) is 28.6 Å². The van der Waals surface area contributed by atoms with E-state index < -0.39 is 54.8 Å². The number of alkyl halides is 5. The van der Waals surface area contributed by atoms with Gasteiger partial charge in [-0.15, -0.1) is 0 Å². The number of ether oxygens (including phenoxy) is 3. The number of nitrogen functional groups attached to an aromatic ring is 2. The topological polar surface area (TPSA) is 96.8 Å². The Morgan fingerprint density at radius 1 is 0.923 bits per heavy atom. The van der Waals surface area contributed by atoms with Crippen molar-refractivity contribution in [3.8, 4) is 11.5 Å². The molecule has 0 saturated carbocycles. The Labute approximate surface area is 219 Å². The summed E-state index contributed by atoms with van der Waals surface area (Å²) in [4.78, 5) is 12.0. The molecule has 0 unspecified atom stereocenters. The number of anilines is 2. The second-order valence-corrected chi connectivity index (χ2v) is 8.30. The van der Waals surface area contributed by atoms with E-state index >= 15 is 0 Å². The quantitative estimate of drug-likeness (QED) is 0.0912. The molecule has 4 N–H and O–H groups in total. The minimum absolute atomic E-state index is 0.0666. The second-order valence-electron chi connectivity index (χ2n) is 8.30. The first-order valence-corrected chi connectivity index (χ1v) is 11.5. The molecule has 0 saturated heterocycles. The summed E-state index contributed by atoms with van der Waals surface area (Å²) in [6.07, 6.45) is -7.28. The lowest BCUT2D eigenvalue weighted by atomic mass is 10.1. The van der Waals surface area contributed by atoms with Gasteiger partial charge in [0, 0.05) is 29.4 Å². The number of esters is 1. The van der Waals surface area contributed by atoms with Crippen LogP contribution in [0.5, 0.6) is 11.5 Å². The van der Waals surface area contributed by atoms with E-state index in [9.17, 15) is 31.1 Å². The number of nitrogens with two attached hydrogens (primary N) is 2. The number of hydrogen-bond acceptors (Lipinski definition) is 6. The smallest absolute Gasteiger partial charge is 0.426 e. The fourth-order valence-corrected chi connectivity index (χ4v) is 3.21. The molecule has 0 radical (unpaired) electrons. The summed E-state index contributed by atoms with van der Waals surface area (Å²) in [5, 5.41) is 0. The molecule has 3 rings (SSSR count). The van der Waals surface area contributed by atoms with Crippen LogP contribution in [0.3, 0.4) is 0 Å². The van der Waals surface area contributed by atoms with Crippen LogP contribution in [0, 0.1) is 5.82 Å². The lowest BCUT2D eigenvalue weighted by Crippen LogP contribution is -2.22. The molecule has 0 aliphatic rings. The van der Waals surface area contributed by atoms with Crippen LogP contribution in [0.4, 0.5) is 37.7 Å². The number of carbonyl (C=O) groups is 1. The van der Waals surface area contributed by atoms with E-state index in [1.807, 2.05) is 0 Å². The fourth-order valence-electron chi connectivity index (χ4n) is 3.21. The van der Waals surface area contributed by atoms with Crippen molar-refractivity contribution in [3.05, 3.63) is 89.2 Å². The van der Waals surface area contributed by atoms with Crippen molar-refractivity contribution in [3.63, 3.8) is 0 Å². The van der Waals surface area contributed by atoms with Crippen LogP contribution in [-0.4, -0.2) is 18.8 Å². The van der Waals surface area contributed by atoms with Gasteiger partial charge in [-0.1, -0.05) is 18.2 Å². The van der Waals surface area contributed by atoms with Gasteiger partial charge in [0.05, 0.1) is 12.2 Å². The predicted molar refractivity (Wildman–Crippen MR) is 132 cm³/mol. The van der Waals surface area contributed by atoms with Crippen LogP contribution in [0.15, 0.2) is 66.7 Å². The number of benzene rings is 3. The number of hydrogen-bond donors (Lipinski definition) is 2. The van der Waals surface area contributed by atoms with Gasteiger partial charge in [-0.3, -0.25) is 0 Å². The van der Waals surface area contributed by atoms with Crippen molar-refractivity contribution < 1.29 is 45.3 Å². The largest absolute Gasteiger partial charge is 0.491 e. The molecule has 0 aliphatic carbocycles. The third-order valence-electron chi connectivity index (χ3n) is 5.21. The minimum atomic E-state index is -4.38. The van der Waals surface area contributed by atoms with E-state index in [-0.39, 0.29) is 12.4 Å². The van der Waals surface area contributed by atoms with Crippen LogP contribution in [0.1, 0.15) is 29.5 Å². The highest BCUT2D eigenvalue weighted by atomic mass is 19.4. The van der Waals surface area contributed by atoms with Crippen molar-refractivity contribution in [1.29, 1.82) is 0 Å². The molecule has 0 fully saturated rings. The highest BCUT2D eigenvalue weighted by Gasteiger charge is 2.35. The minimum Gasteiger partial charge on any atom is -0.491 e. The van der Waals surface area contributed by atoms with E-state index in [4.69, 9.17) is 25.7 Å². The first-order valence-electron chi connectivity index (χ1n) is 11.5. The molecule has 0 bridgehead atoms. The Morgan fingerprint density at radius 3 is 2.28 bits per heavy atom. The Kier molecular flexibility index (Phi) is 9.33. The van der Waals surface area contributed by atoms with Crippen LogP contribution < -0.4 is 20.9 Å². The van der Waals surface area contributed by atoms with E-state index in [0.717, 1.165) is 18.2 Å². The number of halogens is 6. The molecule has 0 spiro atoms. The first kappa shape index (κ1) is 29.2. The summed E-state index contributed by atoms with van der Waals surface area (Å²) >= 11 is 0. The van der Waals surface area contributed by atoms with Gasteiger partial charge in [-0.25, -0.2) is 9.18 Å². The molecule has 0 aromatic heterocycles. The molecule has 39 heavy (non-hydrogen) atoms. The van der Waals surface area contributed by atoms with Gasteiger partial charge in [0.1, 0.15) is 12.4 Å². The maximum atomic E-state index is 14.6. The third-order valence-corrected chi connectivity index (χ3v) is 5.21. The molecule has 0 aliphatic heterocycles. The summed E-state index contributed by atoms with van der Waals surface area (Å²) in [5.74, 6) is -2.53. The van der Waals surface area contributed by atoms with Gasteiger partial charge >= 0.3 is 18.3 Å². The Balaban J connectivity index is 1.53. The summed E-state index contributed by atoms with van der Waals surface area (Å²) < 4.78 is 94.5. The summed E-state index contributed by atoms with van der Waals surface area (Å²) in [6.45, 7) is -0.499. The summed E-state index contributed by atoms with van der Waals surface area (Å²) in [6, 6.07) is 12.3. The van der Waals surface area contributed by atoms with E-state index in [1.54, 1.807) is 18.2 Å². The number of carbonyl (C=O) groups excluding carboxylic acids is 1. The lowest BCUT2D eigenvalue weighted by Gasteiger charge is -2.19. The Hall–Kier alpha value is -4.35. The van der Waals surface area contributed by atoms with Crippen LogP contribution in [0.2, 0.25) is 0 Å². The fraction of sp³-hybridized carbons (Fsp3) is 0.222. The molecular formula is C27H24F6N2O4. The van der Waals surface area contributed by atoms with E-state index in [1.165, 1.54) is 30.3 Å². The van der Waals surface area contributed by atoms with Gasteiger partial charge in [0.25, 0.3) is 0 Å². The third kappa shape index (κ3) is 9.16. The van der Waals surface area contributed by atoms with Gasteiger partial charge in [-0.05, 0) is 60.5 Å². The Morgan fingerprint density at radius 2 is 1.64 bits per heavy atom. The van der Waals surface area contributed by atoms with Crippen molar-refractivity contribution in [2.45, 2.75) is 31.7 Å². The zero-order chi connectivity index (χ0) is 28.6. The van der Waals surface area contributed by atoms with Gasteiger partial charge in [-0.2, -0.15) is 22.0 Å². The highest BCUT2D eigenvalue weighted by molar-refractivity contribution is 5.87. The first-order chi connectivity index (χ1) is 18.3. The SMILES string of the molecule is Nc1ccc(COC(=O)/C=C/c2ccc(OC(F)(F)c3ccc(OCCCC(F)(F)F)c(F)c3)cc2)c(N)c1. The van der Waals surface area contributed by atoms with Crippen LogP contribution in [0.25, 0.3) is 6.08 Å². The molecule has 0 amide bonds. The van der Waals surface area contributed by atoms with Crippen molar-refractivity contribution in [2.75, 3.05) is 18.1 Å². The maximum Gasteiger partial charge on any atom is 0.426 e. The molecule has 12 heteroatoms. The normalized spacial score (nSPS) is 11.9. The molecule has 3 aromatic rings. The lowest BCUT2D eigenvalue weighted by molar-refractivity contribution is -0.185. The zero-order valence-electron chi connectivity index (χ0n) is 20.3. The van der Waals surface area contributed by atoms with Crippen molar-refractivity contribution in [1.82, 2.24) is 0 Å². The summed E-state index contributed by atoms with van der Waals surface area (Å²) in [7, 11) is 0. The molecule has 6 nitrogen and oxygen atoms in total. The zero-order valence-corrected chi connectivity index (χ0v) is 20.3. The summed E-state index contributed by atoms with van der Waals surface area (Å²) in [5.41, 5.74) is 12.5. The predicted octanol–water partition coefficient (Wildman–Crippen LogP) is 6.60. The standard InChI is InChI=1S/C27H24F6N2O4/c28-22-14-19(6-10-24(22)37-13-1-12-26(29,30)31)27(32,33)39-21-8-2-17(3-9-21)4-11-25(36)38-16-18-5-7-20(34)15-23(18)35/h2-11,14-15H,1,12-13,16,34-35H2/b11-4+. The van der Waals surface area contributed by atoms with Gasteiger partial charge in [0.15, 0.2) is 11.6 Å². The molecule has 208 valence electrons. The Bertz CT molecular complexity index is 1310. The average molecular weight is 554 g/mol. The molecule has 3 aromatic carbocycles. The second kappa shape index (κ2) is 12.5. The van der Waals surface area contributed by atoms with Gasteiger partial charge < -0.3 is 25.7 Å². The average Bonchev–Trinajstić information content (AvgIpc) is 2.85. The van der Waals surface area contributed by atoms with Crippen LogP contribution >= 0.6 is 0 Å². The molecular weight excluding hydrogens is 530 g/mol. The van der Waals surface area contributed by atoms with E-state index in [2.05, 4.69) is 0 Å². The number of rotatable bonds is 11. The van der Waals surface area contributed by atoms with Gasteiger partial charge in [0.2, 0.25) is 0 Å². The monoisotopic (exact) mass is 554 g/mol. The van der Waals surface area contributed by atoms with Crippen molar-refractivity contribution in [2.24, 2.45) is 0 Å². The highest BCUT2D eigenvalue weighted by Crippen LogP contribution is 2.34. The molecule has 0 atom stereocenters. The maximum absolute atomic E-state index is 14.6. The molecule has 0 heterocycles. The van der Waals surface area contributed by atoms with Crippen molar-refractivity contribution >= 4 is 23.4 Å². The van der Waals surface area contributed by atoms with Crippen LogP contribution in [-0.2, 0) is 22.2 Å².